The first-order chi connectivity index (χ1) is 6.09. The molecule has 4 nitrogen and oxygen atoms in total. The third-order valence-electron chi connectivity index (χ3n) is 1.53. The van der Waals surface area contributed by atoms with E-state index in [0.717, 1.165) is 0 Å². The molecule has 6 heteroatoms. The maximum atomic E-state index is 12.5. The van der Waals surface area contributed by atoms with Crippen molar-refractivity contribution in [3.63, 3.8) is 0 Å². The van der Waals surface area contributed by atoms with Gasteiger partial charge in [-0.3, -0.25) is 0 Å². The number of rotatable bonds is 0. The summed E-state index contributed by atoms with van der Waals surface area (Å²) in [5.41, 5.74) is -0.826. The van der Waals surface area contributed by atoms with E-state index in [4.69, 9.17) is 0 Å². The van der Waals surface area contributed by atoms with Crippen LogP contribution in [0.5, 0.6) is 0 Å². The third kappa shape index (κ3) is 0.986. The van der Waals surface area contributed by atoms with Crippen LogP contribution in [0.15, 0.2) is 6.07 Å². The van der Waals surface area contributed by atoms with E-state index >= 15 is 0 Å². The Hall–Kier alpha value is -1.85. The van der Waals surface area contributed by atoms with Gasteiger partial charge in [0.1, 0.15) is 0 Å². The topological polar surface area (TPSA) is 56.3 Å². The molecular weight excluding hydrogens is 184 g/mol. The number of hydrogen-bond donors (Lipinski definition) is 0. The summed E-state index contributed by atoms with van der Waals surface area (Å²) in [6.45, 7) is 0. The lowest BCUT2D eigenvalue weighted by Crippen LogP contribution is -2.01. The summed E-state index contributed by atoms with van der Waals surface area (Å²) in [5, 5.41) is 0. The minimum atomic E-state index is -1.43. The average molecular weight is 185 g/mol. The van der Waals surface area contributed by atoms with Crippen molar-refractivity contribution in [2.24, 2.45) is 0 Å². The van der Waals surface area contributed by atoms with Gasteiger partial charge in [0.25, 0.3) is 0 Å². The van der Waals surface area contributed by atoms with Crippen LogP contribution in [0.25, 0.3) is 0 Å². The second-order valence-electron chi connectivity index (χ2n) is 2.33. The smallest absolute Gasteiger partial charge is 0.365 e. The number of aromatic nitrogens is 1. The molecule has 13 heavy (non-hydrogen) atoms. The number of ether oxygens (including phenoxy) is 1. The lowest BCUT2D eigenvalue weighted by atomic mass is 10.2. The summed E-state index contributed by atoms with van der Waals surface area (Å²) in [6.07, 6.45) is 0. The molecule has 0 unspecified atom stereocenters. The molecule has 2 heterocycles. The molecule has 1 aliphatic heterocycles. The summed E-state index contributed by atoms with van der Waals surface area (Å²) in [5.74, 6) is -4.78. The van der Waals surface area contributed by atoms with Crippen molar-refractivity contribution < 1.29 is 23.1 Å². The molecule has 0 fully saturated rings. The number of cyclic esters (lactones) is 2. The summed E-state index contributed by atoms with van der Waals surface area (Å²) in [6, 6.07) is 0.588. The molecule has 66 valence electrons. The van der Waals surface area contributed by atoms with Crippen LogP contribution in [-0.4, -0.2) is 16.9 Å². The van der Waals surface area contributed by atoms with Crippen LogP contribution < -0.4 is 0 Å². The van der Waals surface area contributed by atoms with Gasteiger partial charge in [-0.1, -0.05) is 0 Å². The van der Waals surface area contributed by atoms with Gasteiger partial charge in [-0.15, -0.1) is 0 Å². The van der Waals surface area contributed by atoms with Gasteiger partial charge in [-0.2, -0.15) is 4.39 Å². The van der Waals surface area contributed by atoms with Gasteiger partial charge in [0.15, 0.2) is 11.5 Å². The van der Waals surface area contributed by atoms with Gasteiger partial charge in [0, 0.05) is 0 Å². The lowest BCUT2D eigenvalue weighted by Gasteiger charge is -1.92. The van der Waals surface area contributed by atoms with Crippen molar-refractivity contribution in [2.75, 3.05) is 0 Å². The number of carbonyl (C=O) groups excluding carboxylic acids is 2. The highest BCUT2D eigenvalue weighted by molar-refractivity contribution is 6.13. The van der Waals surface area contributed by atoms with E-state index in [1.165, 1.54) is 0 Å². The summed E-state index contributed by atoms with van der Waals surface area (Å²) < 4.78 is 29.1. The Kier molecular flexibility index (Phi) is 1.39. The zero-order valence-corrected chi connectivity index (χ0v) is 6.01. The molecule has 0 spiro atoms. The highest BCUT2D eigenvalue weighted by Gasteiger charge is 2.33. The highest BCUT2D eigenvalue weighted by Crippen LogP contribution is 2.19. The molecule has 0 aromatic carbocycles. The van der Waals surface area contributed by atoms with Crippen LogP contribution in [-0.2, 0) is 4.74 Å². The maximum Gasteiger partial charge on any atom is 0.365 e. The SMILES string of the molecule is O=C1OC(=O)c2nc(F)c(F)cc21. The first-order valence-corrected chi connectivity index (χ1v) is 3.22. The molecule has 1 aromatic heterocycles. The molecule has 1 aliphatic rings. The number of carbonyl (C=O) groups is 2. The van der Waals surface area contributed by atoms with Crippen LogP contribution in [0.1, 0.15) is 20.8 Å². The first kappa shape index (κ1) is 7.78. The molecule has 0 aliphatic carbocycles. The Balaban J connectivity index is 2.72. The molecule has 0 atom stereocenters. The number of halogens is 2. The van der Waals surface area contributed by atoms with Crippen molar-refractivity contribution in [1.29, 1.82) is 0 Å². The van der Waals surface area contributed by atoms with Crippen LogP contribution in [0.3, 0.4) is 0 Å². The number of pyridine rings is 1. The second-order valence-corrected chi connectivity index (χ2v) is 2.33. The number of esters is 2. The molecule has 0 N–H and O–H groups in total. The van der Waals surface area contributed by atoms with Crippen molar-refractivity contribution in [1.82, 2.24) is 4.98 Å². The predicted octanol–water partition coefficient (Wildman–Crippen LogP) is 0.670. The Morgan fingerprint density at radius 2 is 1.92 bits per heavy atom. The van der Waals surface area contributed by atoms with E-state index in [0.29, 0.717) is 6.07 Å². The van der Waals surface area contributed by atoms with E-state index in [9.17, 15) is 18.4 Å². The van der Waals surface area contributed by atoms with Gasteiger partial charge in [-0.25, -0.2) is 19.0 Å². The van der Waals surface area contributed by atoms with Crippen molar-refractivity contribution in [3.05, 3.63) is 29.1 Å². The first-order valence-electron chi connectivity index (χ1n) is 3.22. The van der Waals surface area contributed by atoms with Crippen LogP contribution in [0.2, 0.25) is 0 Å². The quantitative estimate of drug-likeness (QED) is 0.338. The van der Waals surface area contributed by atoms with Gasteiger partial charge < -0.3 is 4.74 Å². The van der Waals surface area contributed by atoms with Gasteiger partial charge in [0.05, 0.1) is 5.56 Å². The average Bonchev–Trinajstić information content (AvgIpc) is 2.31. The van der Waals surface area contributed by atoms with Gasteiger partial charge in [0.2, 0.25) is 5.95 Å². The fourth-order valence-electron chi connectivity index (χ4n) is 0.965. The van der Waals surface area contributed by atoms with E-state index < -0.39 is 29.4 Å². The largest absolute Gasteiger partial charge is 0.384 e. The molecule has 1 aromatic rings. The molecule has 0 saturated carbocycles. The molecular formula is C7HF2NO3. The van der Waals surface area contributed by atoms with E-state index in [2.05, 4.69) is 9.72 Å². The molecule has 0 saturated heterocycles. The highest BCUT2D eigenvalue weighted by atomic mass is 19.2. The number of hydrogen-bond acceptors (Lipinski definition) is 4. The third-order valence-corrected chi connectivity index (χ3v) is 1.53. The normalized spacial score (nSPS) is 14.3. The minimum Gasteiger partial charge on any atom is -0.384 e. The van der Waals surface area contributed by atoms with Crippen molar-refractivity contribution >= 4 is 11.9 Å². The summed E-state index contributed by atoms with van der Waals surface area (Å²) >= 11 is 0. The Morgan fingerprint density at radius 3 is 2.62 bits per heavy atom. The summed E-state index contributed by atoms with van der Waals surface area (Å²) in [7, 11) is 0. The van der Waals surface area contributed by atoms with Crippen molar-refractivity contribution in [2.45, 2.75) is 0 Å². The Bertz CT molecular complexity index is 391. The zero-order chi connectivity index (χ0) is 9.59. The van der Waals surface area contributed by atoms with Crippen molar-refractivity contribution in [3.8, 4) is 0 Å². The minimum absolute atomic E-state index is 0.344. The fourth-order valence-corrected chi connectivity index (χ4v) is 0.965. The molecule has 0 radical (unpaired) electrons. The molecule has 2 rings (SSSR count). The summed E-state index contributed by atoms with van der Waals surface area (Å²) in [4.78, 5) is 24.5. The monoisotopic (exact) mass is 185 g/mol. The Labute approximate surface area is 70.1 Å². The molecule has 0 amide bonds. The van der Waals surface area contributed by atoms with Gasteiger partial charge in [-0.05, 0) is 6.07 Å². The predicted molar refractivity (Wildman–Crippen MR) is 33.9 cm³/mol. The number of fused-ring (bicyclic) bond motifs is 1. The maximum absolute atomic E-state index is 12.5. The Morgan fingerprint density at radius 1 is 1.23 bits per heavy atom. The molecule has 0 bridgehead atoms. The zero-order valence-electron chi connectivity index (χ0n) is 6.01. The lowest BCUT2D eigenvalue weighted by molar-refractivity contribution is 0.0441. The van der Waals surface area contributed by atoms with Gasteiger partial charge >= 0.3 is 11.9 Å². The second kappa shape index (κ2) is 2.32. The van der Waals surface area contributed by atoms with Crippen LogP contribution >= 0.6 is 0 Å². The van der Waals surface area contributed by atoms with Crippen LogP contribution in [0.4, 0.5) is 8.78 Å². The van der Waals surface area contributed by atoms with E-state index in [1.807, 2.05) is 0 Å². The van der Waals surface area contributed by atoms with Crippen LogP contribution in [0, 0.1) is 11.8 Å². The standard InChI is InChI=1S/C7HF2NO3/c8-3-1-2-4(10-5(3)9)7(12)13-6(2)11/h1H. The van der Waals surface area contributed by atoms with E-state index in [1.54, 1.807) is 0 Å². The van der Waals surface area contributed by atoms with E-state index in [-0.39, 0.29) is 5.56 Å². The fraction of sp³-hybridized carbons (Fsp3) is 0. The number of nitrogens with zero attached hydrogens (tertiary/aromatic N) is 1.